The highest BCUT2D eigenvalue weighted by atomic mass is 19.1. The van der Waals surface area contributed by atoms with Gasteiger partial charge >= 0.3 is 0 Å². The summed E-state index contributed by atoms with van der Waals surface area (Å²) in [6, 6.07) is 6.79. The largest absolute Gasteiger partial charge is 0.314 e. The van der Waals surface area contributed by atoms with E-state index >= 15 is 0 Å². The van der Waals surface area contributed by atoms with Crippen molar-refractivity contribution < 1.29 is 4.39 Å². The van der Waals surface area contributed by atoms with Gasteiger partial charge in [-0.25, -0.2) is 4.39 Å². The van der Waals surface area contributed by atoms with E-state index in [1.54, 1.807) is 12.1 Å². The third kappa shape index (κ3) is 6.69. The molecule has 0 aromatic heterocycles. The van der Waals surface area contributed by atoms with E-state index in [-0.39, 0.29) is 5.82 Å². The maximum absolute atomic E-state index is 13.0. The lowest BCUT2D eigenvalue weighted by Gasteiger charge is -2.17. The second-order valence-corrected chi connectivity index (χ2v) is 4.92. The highest BCUT2D eigenvalue weighted by Gasteiger charge is 2.01. The molecule has 0 unspecified atom stereocenters. The molecule has 102 valence electrons. The van der Waals surface area contributed by atoms with Crippen LogP contribution in [-0.4, -0.2) is 57.1 Å². The smallest absolute Gasteiger partial charge is 0.123 e. The fourth-order valence-corrected chi connectivity index (χ4v) is 1.72. The van der Waals surface area contributed by atoms with E-state index in [4.69, 9.17) is 0 Å². The summed E-state index contributed by atoms with van der Waals surface area (Å²) in [4.78, 5) is 4.35. The average molecular weight is 253 g/mol. The number of halogens is 1. The highest BCUT2D eigenvalue weighted by molar-refractivity contribution is 5.15. The van der Waals surface area contributed by atoms with Crippen LogP contribution in [0.5, 0.6) is 0 Å². The van der Waals surface area contributed by atoms with E-state index in [1.807, 2.05) is 6.07 Å². The Morgan fingerprint density at radius 3 is 2.50 bits per heavy atom. The standard InChI is InChI=1S/C14H24FN3/c1-17(2)9-7-16-8-10-18(3)12-13-5-4-6-14(15)11-13/h4-6,11,16H,7-10,12H2,1-3H3. The molecule has 0 amide bonds. The minimum Gasteiger partial charge on any atom is -0.314 e. The van der Waals surface area contributed by atoms with Crippen LogP contribution in [0.2, 0.25) is 0 Å². The van der Waals surface area contributed by atoms with Crippen LogP contribution in [0.3, 0.4) is 0 Å². The summed E-state index contributed by atoms with van der Waals surface area (Å²) in [5.41, 5.74) is 1.02. The number of likely N-dealkylation sites (N-methyl/N-ethyl adjacent to an activating group) is 2. The molecule has 0 saturated heterocycles. The summed E-state index contributed by atoms with van der Waals surface area (Å²) < 4.78 is 13.0. The van der Waals surface area contributed by atoms with Gasteiger partial charge in [-0.2, -0.15) is 0 Å². The number of rotatable bonds is 8. The number of hydrogen-bond donors (Lipinski definition) is 1. The van der Waals surface area contributed by atoms with Crippen molar-refractivity contribution in [3.05, 3.63) is 35.6 Å². The monoisotopic (exact) mass is 253 g/mol. The molecule has 0 bridgehead atoms. The molecule has 3 nitrogen and oxygen atoms in total. The van der Waals surface area contributed by atoms with Crippen molar-refractivity contribution in [2.24, 2.45) is 0 Å². The van der Waals surface area contributed by atoms with Crippen LogP contribution >= 0.6 is 0 Å². The molecule has 1 rings (SSSR count). The fraction of sp³-hybridized carbons (Fsp3) is 0.571. The Bertz CT molecular complexity index is 342. The van der Waals surface area contributed by atoms with Crippen molar-refractivity contribution in [1.82, 2.24) is 15.1 Å². The predicted octanol–water partition coefficient (Wildman–Crippen LogP) is 1.41. The Morgan fingerprint density at radius 2 is 1.83 bits per heavy atom. The van der Waals surface area contributed by atoms with Gasteiger partial charge in [0.25, 0.3) is 0 Å². The lowest BCUT2D eigenvalue weighted by Crippen LogP contribution is -2.33. The van der Waals surface area contributed by atoms with E-state index in [0.717, 1.165) is 38.3 Å². The molecule has 0 aliphatic carbocycles. The van der Waals surface area contributed by atoms with Gasteiger partial charge in [0, 0.05) is 32.7 Å². The predicted molar refractivity (Wildman–Crippen MR) is 74.2 cm³/mol. The molecule has 1 aromatic carbocycles. The maximum atomic E-state index is 13.0. The first kappa shape index (κ1) is 15.1. The van der Waals surface area contributed by atoms with Crippen molar-refractivity contribution in [3.63, 3.8) is 0 Å². The molecule has 0 radical (unpaired) electrons. The van der Waals surface area contributed by atoms with Gasteiger partial charge in [0.15, 0.2) is 0 Å². The second-order valence-electron chi connectivity index (χ2n) is 4.92. The van der Waals surface area contributed by atoms with Gasteiger partial charge in [-0.05, 0) is 38.8 Å². The normalized spacial score (nSPS) is 11.4. The zero-order chi connectivity index (χ0) is 13.4. The highest BCUT2D eigenvalue weighted by Crippen LogP contribution is 2.05. The maximum Gasteiger partial charge on any atom is 0.123 e. The molecule has 1 N–H and O–H groups in total. The van der Waals surface area contributed by atoms with Gasteiger partial charge in [0.05, 0.1) is 0 Å². The molecular formula is C14H24FN3. The first-order chi connectivity index (χ1) is 8.58. The Balaban J connectivity index is 2.16. The van der Waals surface area contributed by atoms with Crippen LogP contribution in [0.1, 0.15) is 5.56 Å². The Hall–Kier alpha value is -0.970. The van der Waals surface area contributed by atoms with Gasteiger partial charge in [-0.1, -0.05) is 12.1 Å². The summed E-state index contributed by atoms with van der Waals surface area (Å²) >= 11 is 0. The van der Waals surface area contributed by atoms with Crippen molar-refractivity contribution in [3.8, 4) is 0 Å². The summed E-state index contributed by atoms with van der Waals surface area (Å²) in [7, 11) is 6.19. The second kappa shape index (κ2) is 8.19. The van der Waals surface area contributed by atoms with E-state index in [9.17, 15) is 4.39 Å². The van der Waals surface area contributed by atoms with Crippen LogP contribution in [-0.2, 0) is 6.54 Å². The van der Waals surface area contributed by atoms with Gasteiger partial charge < -0.3 is 15.1 Å². The quantitative estimate of drug-likeness (QED) is 0.707. The molecule has 0 aliphatic rings. The third-order valence-electron chi connectivity index (χ3n) is 2.75. The number of hydrogen-bond acceptors (Lipinski definition) is 3. The molecular weight excluding hydrogens is 229 g/mol. The van der Waals surface area contributed by atoms with Crippen LogP contribution in [0.25, 0.3) is 0 Å². The summed E-state index contributed by atoms with van der Waals surface area (Å²) in [5.74, 6) is -0.162. The van der Waals surface area contributed by atoms with E-state index in [2.05, 4.69) is 36.3 Å². The van der Waals surface area contributed by atoms with Crippen molar-refractivity contribution in [1.29, 1.82) is 0 Å². The van der Waals surface area contributed by atoms with Crippen LogP contribution in [0.4, 0.5) is 4.39 Å². The minimum atomic E-state index is -0.162. The summed E-state index contributed by atoms with van der Waals surface area (Å²) in [6.07, 6.45) is 0. The number of nitrogens with zero attached hydrogens (tertiary/aromatic N) is 2. The van der Waals surface area contributed by atoms with Gasteiger partial charge in [0.2, 0.25) is 0 Å². The van der Waals surface area contributed by atoms with E-state index < -0.39 is 0 Å². The van der Waals surface area contributed by atoms with Crippen LogP contribution in [0.15, 0.2) is 24.3 Å². The van der Waals surface area contributed by atoms with Gasteiger partial charge in [0.1, 0.15) is 5.82 Å². The summed E-state index contributed by atoms with van der Waals surface area (Å²) in [6.45, 7) is 4.76. The van der Waals surface area contributed by atoms with Crippen LogP contribution < -0.4 is 5.32 Å². The molecule has 0 fully saturated rings. The Morgan fingerprint density at radius 1 is 1.11 bits per heavy atom. The van der Waals surface area contributed by atoms with Gasteiger partial charge in [-0.3, -0.25) is 0 Å². The molecule has 1 aromatic rings. The lowest BCUT2D eigenvalue weighted by molar-refractivity contribution is 0.318. The summed E-state index contributed by atoms with van der Waals surface area (Å²) in [5, 5.41) is 3.39. The zero-order valence-corrected chi connectivity index (χ0v) is 11.6. The van der Waals surface area contributed by atoms with Crippen molar-refractivity contribution >= 4 is 0 Å². The minimum absolute atomic E-state index is 0.162. The van der Waals surface area contributed by atoms with Gasteiger partial charge in [-0.15, -0.1) is 0 Å². The molecule has 0 spiro atoms. The molecule has 0 aliphatic heterocycles. The van der Waals surface area contributed by atoms with Crippen molar-refractivity contribution in [2.45, 2.75) is 6.54 Å². The molecule has 0 saturated carbocycles. The fourth-order valence-electron chi connectivity index (χ4n) is 1.72. The zero-order valence-electron chi connectivity index (χ0n) is 11.6. The Labute approximate surface area is 110 Å². The Kier molecular flexibility index (Phi) is 6.86. The SMILES string of the molecule is CN(C)CCNCCN(C)Cc1cccc(F)c1. The first-order valence-electron chi connectivity index (χ1n) is 6.36. The van der Waals surface area contributed by atoms with E-state index in [1.165, 1.54) is 6.07 Å². The topological polar surface area (TPSA) is 18.5 Å². The molecule has 18 heavy (non-hydrogen) atoms. The van der Waals surface area contributed by atoms with E-state index in [0.29, 0.717) is 0 Å². The van der Waals surface area contributed by atoms with Crippen molar-refractivity contribution in [2.75, 3.05) is 47.3 Å². The average Bonchev–Trinajstić information content (AvgIpc) is 2.28. The number of nitrogens with one attached hydrogen (secondary N) is 1. The first-order valence-corrected chi connectivity index (χ1v) is 6.36. The molecule has 0 heterocycles. The third-order valence-corrected chi connectivity index (χ3v) is 2.75. The molecule has 0 atom stereocenters. The number of benzene rings is 1. The van der Waals surface area contributed by atoms with Crippen LogP contribution in [0, 0.1) is 5.82 Å². The molecule has 4 heteroatoms. The lowest BCUT2D eigenvalue weighted by atomic mass is 10.2.